The van der Waals surface area contributed by atoms with Gasteiger partial charge >= 0.3 is 6.03 Å². The Balaban J connectivity index is 1.64. The van der Waals surface area contributed by atoms with E-state index in [9.17, 15) is 23.2 Å². The van der Waals surface area contributed by atoms with Crippen LogP contribution in [-0.2, 0) is 10.3 Å². The molecule has 0 bridgehead atoms. The number of hydrogen-bond acceptors (Lipinski definition) is 3. The molecular formula is C26H25F2N3O3. The van der Waals surface area contributed by atoms with Crippen molar-refractivity contribution in [1.29, 1.82) is 0 Å². The number of nitrogens with one attached hydrogen (secondary N) is 1. The minimum atomic E-state index is -1.82. The second-order valence-electron chi connectivity index (χ2n) is 8.96. The van der Waals surface area contributed by atoms with Crippen LogP contribution >= 0.6 is 0 Å². The number of carbonyl (C=O) groups excluding carboxylic acids is 3. The van der Waals surface area contributed by atoms with Crippen molar-refractivity contribution in [2.24, 2.45) is 0 Å². The van der Waals surface area contributed by atoms with Crippen molar-refractivity contribution in [3.8, 4) is 5.69 Å². The molecule has 1 unspecified atom stereocenters. The van der Waals surface area contributed by atoms with Gasteiger partial charge in [-0.15, -0.1) is 0 Å². The zero-order valence-electron chi connectivity index (χ0n) is 19.6. The number of urea groups is 1. The fourth-order valence-corrected chi connectivity index (χ4v) is 4.65. The molecule has 2 aromatic carbocycles. The van der Waals surface area contributed by atoms with E-state index in [1.54, 1.807) is 13.0 Å². The van der Waals surface area contributed by atoms with Crippen molar-refractivity contribution >= 4 is 17.7 Å². The van der Waals surface area contributed by atoms with Gasteiger partial charge in [-0.25, -0.2) is 13.6 Å². The van der Waals surface area contributed by atoms with E-state index in [2.05, 4.69) is 11.4 Å². The zero-order chi connectivity index (χ0) is 24.9. The van der Waals surface area contributed by atoms with Crippen LogP contribution in [0.25, 0.3) is 5.69 Å². The first-order chi connectivity index (χ1) is 15.9. The molecule has 1 saturated heterocycles. The van der Waals surface area contributed by atoms with Gasteiger partial charge < -0.3 is 9.88 Å². The largest absolute Gasteiger partial charge is 0.325 e. The number of benzene rings is 2. The molecule has 1 aliphatic rings. The average molecular weight is 466 g/mol. The molecule has 0 saturated carbocycles. The van der Waals surface area contributed by atoms with Crippen LogP contribution in [0.3, 0.4) is 0 Å². The Labute approximate surface area is 196 Å². The van der Waals surface area contributed by atoms with E-state index in [1.165, 1.54) is 6.92 Å². The minimum absolute atomic E-state index is 0.297. The fraction of sp³-hybridized carbons (Fsp3) is 0.269. The lowest BCUT2D eigenvalue weighted by Gasteiger charge is -2.22. The Hall–Kier alpha value is -3.81. The normalized spacial score (nSPS) is 17.9. The summed E-state index contributed by atoms with van der Waals surface area (Å²) in [4.78, 5) is 39.7. The van der Waals surface area contributed by atoms with Crippen LogP contribution in [0.4, 0.5) is 13.6 Å². The number of Topliss-reactive ketones (excluding diaryl/α,β-unsaturated/α-hetero) is 1. The van der Waals surface area contributed by atoms with Crippen molar-refractivity contribution < 1.29 is 23.2 Å². The van der Waals surface area contributed by atoms with E-state index in [4.69, 9.17) is 0 Å². The Morgan fingerprint density at radius 2 is 1.62 bits per heavy atom. The lowest BCUT2D eigenvalue weighted by molar-refractivity contribution is -0.130. The quantitative estimate of drug-likeness (QED) is 0.441. The number of nitrogens with zero attached hydrogens (tertiary/aromatic N) is 2. The fourth-order valence-electron chi connectivity index (χ4n) is 4.65. The monoisotopic (exact) mass is 465 g/mol. The second kappa shape index (κ2) is 8.20. The molecule has 3 amide bonds. The molecule has 0 aliphatic carbocycles. The van der Waals surface area contributed by atoms with Gasteiger partial charge in [-0.2, -0.15) is 0 Å². The van der Waals surface area contributed by atoms with Crippen molar-refractivity contribution in [2.75, 3.05) is 6.54 Å². The molecule has 8 heteroatoms. The van der Waals surface area contributed by atoms with Crippen molar-refractivity contribution in [1.82, 2.24) is 14.8 Å². The van der Waals surface area contributed by atoms with Crippen LogP contribution in [-0.4, -0.2) is 33.7 Å². The maximum atomic E-state index is 14.4. The third-order valence-corrected chi connectivity index (χ3v) is 6.24. The molecule has 1 fully saturated rings. The number of hydrogen-bond donors (Lipinski definition) is 1. The van der Waals surface area contributed by atoms with Gasteiger partial charge in [0, 0.05) is 28.2 Å². The molecule has 4 rings (SSSR count). The lowest BCUT2D eigenvalue weighted by atomic mass is 9.91. The molecule has 0 spiro atoms. The summed E-state index contributed by atoms with van der Waals surface area (Å²) in [5.41, 5.74) is 2.84. The molecule has 0 radical (unpaired) electrons. The van der Waals surface area contributed by atoms with Gasteiger partial charge in [-0.1, -0.05) is 6.07 Å². The van der Waals surface area contributed by atoms with E-state index < -0.39 is 41.4 Å². The number of carbonyl (C=O) groups is 3. The molecule has 1 atom stereocenters. The smallest absolute Gasteiger partial charge is 0.319 e. The summed E-state index contributed by atoms with van der Waals surface area (Å²) >= 11 is 0. The van der Waals surface area contributed by atoms with Crippen LogP contribution < -0.4 is 5.32 Å². The number of rotatable bonds is 5. The maximum Gasteiger partial charge on any atom is 0.325 e. The Bertz CT molecular complexity index is 1340. The van der Waals surface area contributed by atoms with Crippen LogP contribution in [0.1, 0.15) is 45.4 Å². The highest BCUT2D eigenvalue weighted by atomic mass is 19.1. The second-order valence-corrected chi connectivity index (χ2v) is 8.96. The Morgan fingerprint density at radius 1 is 0.971 bits per heavy atom. The molecule has 2 heterocycles. The number of ketones is 1. The molecule has 3 aromatic rings. The molecule has 1 aromatic heterocycles. The predicted octanol–water partition coefficient (Wildman–Crippen LogP) is 4.64. The van der Waals surface area contributed by atoms with Crippen molar-refractivity contribution in [2.45, 2.75) is 40.2 Å². The first-order valence-electron chi connectivity index (χ1n) is 10.8. The number of amides is 3. The third kappa shape index (κ3) is 3.79. The van der Waals surface area contributed by atoms with E-state index in [1.807, 2.05) is 37.5 Å². The van der Waals surface area contributed by atoms with Gasteiger partial charge in [-0.05, 0) is 82.1 Å². The lowest BCUT2D eigenvalue weighted by Crippen LogP contribution is -2.42. The topological polar surface area (TPSA) is 71.4 Å². The van der Waals surface area contributed by atoms with E-state index in [0.29, 0.717) is 11.3 Å². The van der Waals surface area contributed by atoms with Gasteiger partial charge in [0.2, 0.25) is 0 Å². The van der Waals surface area contributed by atoms with Crippen LogP contribution in [0.15, 0.2) is 42.5 Å². The van der Waals surface area contributed by atoms with E-state index in [-0.39, 0.29) is 5.56 Å². The summed E-state index contributed by atoms with van der Waals surface area (Å²) in [6.45, 7) is 8.43. The van der Waals surface area contributed by atoms with Crippen molar-refractivity contribution in [3.05, 3.63) is 87.7 Å². The first-order valence-corrected chi connectivity index (χ1v) is 10.8. The predicted molar refractivity (Wildman–Crippen MR) is 123 cm³/mol. The molecule has 6 nitrogen and oxygen atoms in total. The highest BCUT2D eigenvalue weighted by molar-refractivity contribution is 6.11. The summed E-state index contributed by atoms with van der Waals surface area (Å²) in [6.07, 6.45) is 0. The standard InChI is InChI=1S/C26H25F2N3O3/c1-14-8-15(2)10-19(9-14)31-16(3)11-20(17(31)4)23(32)13-30-24(33)26(5,29-25(30)34)21-12-18(27)6-7-22(21)28/h6-12H,13H2,1-5H3,(H,29,34). The third-order valence-electron chi connectivity index (χ3n) is 6.24. The summed E-state index contributed by atoms with van der Waals surface area (Å²) in [5.74, 6) is -2.83. The number of aryl methyl sites for hydroxylation is 3. The van der Waals surface area contributed by atoms with Gasteiger partial charge in [-0.3, -0.25) is 14.5 Å². The van der Waals surface area contributed by atoms with Gasteiger partial charge in [0.1, 0.15) is 17.2 Å². The van der Waals surface area contributed by atoms with Gasteiger partial charge in [0.05, 0.1) is 6.54 Å². The first kappa shape index (κ1) is 23.4. The minimum Gasteiger partial charge on any atom is -0.319 e. The number of aromatic nitrogens is 1. The number of imide groups is 1. The summed E-state index contributed by atoms with van der Waals surface area (Å²) in [6, 6.07) is 9.65. The Kier molecular flexibility index (Phi) is 5.63. The number of halogens is 2. The molecule has 1 aliphatic heterocycles. The van der Waals surface area contributed by atoms with Crippen LogP contribution in [0.5, 0.6) is 0 Å². The summed E-state index contributed by atoms with van der Waals surface area (Å²) in [7, 11) is 0. The average Bonchev–Trinajstić information content (AvgIpc) is 3.16. The van der Waals surface area contributed by atoms with Crippen molar-refractivity contribution in [3.63, 3.8) is 0 Å². The van der Waals surface area contributed by atoms with E-state index in [0.717, 1.165) is 45.6 Å². The maximum absolute atomic E-state index is 14.4. The van der Waals surface area contributed by atoms with Crippen LogP contribution in [0.2, 0.25) is 0 Å². The SMILES string of the molecule is Cc1cc(C)cc(-n2c(C)cc(C(=O)CN3C(=O)NC(C)(c4cc(F)ccc4F)C3=O)c2C)c1. The van der Waals surface area contributed by atoms with Gasteiger partial charge in [0.25, 0.3) is 5.91 Å². The molecular weight excluding hydrogens is 440 g/mol. The highest BCUT2D eigenvalue weighted by Crippen LogP contribution is 2.32. The van der Waals surface area contributed by atoms with E-state index >= 15 is 0 Å². The van der Waals surface area contributed by atoms with Crippen LogP contribution in [0, 0.1) is 39.3 Å². The van der Waals surface area contributed by atoms with Gasteiger partial charge in [0.15, 0.2) is 5.78 Å². The zero-order valence-corrected chi connectivity index (χ0v) is 19.6. The molecule has 176 valence electrons. The molecule has 1 N–H and O–H groups in total. The summed E-state index contributed by atoms with van der Waals surface area (Å²) in [5, 5.41) is 2.41. The summed E-state index contributed by atoms with van der Waals surface area (Å²) < 4.78 is 30.1. The highest BCUT2D eigenvalue weighted by Gasteiger charge is 2.51. The molecule has 34 heavy (non-hydrogen) atoms. The Morgan fingerprint density at radius 3 is 2.26 bits per heavy atom.